The van der Waals surface area contributed by atoms with Crippen LogP contribution in [-0.4, -0.2) is 264 Å². The van der Waals surface area contributed by atoms with E-state index in [9.17, 15) is 29.1 Å². The summed E-state index contributed by atoms with van der Waals surface area (Å²) in [5, 5.41) is 23.4. The largest absolute Gasteiger partial charge is 0.390 e. The molecule has 540 valence electrons. The number of aliphatic hydroxyl groups is 1. The van der Waals surface area contributed by atoms with Crippen LogP contribution in [0.2, 0.25) is 0 Å². The molecule has 0 aromatic heterocycles. The molecule has 1 saturated heterocycles. The molecule has 94 heavy (non-hydrogen) atoms. The molecular weight excluding hydrogens is 1200 g/mol. The Hall–Kier alpha value is -6.21. The average Bonchev–Trinajstić information content (AvgIpc) is 0.858. The number of nitrogens with one attached hydrogen (secondary N) is 4. The lowest BCUT2D eigenvalue weighted by molar-refractivity contribution is -0.157. The highest BCUT2D eigenvalue weighted by Crippen LogP contribution is 2.26. The number of hydrogen-bond acceptors (Lipinski definition) is 14. The second kappa shape index (κ2) is 40.4. The third kappa shape index (κ3) is 24.5. The van der Waals surface area contributed by atoms with Gasteiger partial charge in [-0.15, -0.1) is 0 Å². The summed E-state index contributed by atoms with van der Waals surface area (Å²) < 4.78 is 6.20. The molecule has 5 N–H and O–H groups in total. The van der Waals surface area contributed by atoms with Crippen LogP contribution in [0, 0.1) is 41.4 Å². The molecule has 0 unspecified atom stereocenters. The van der Waals surface area contributed by atoms with E-state index in [2.05, 4.69) is 26.2 Å². The minimum atomic E-state index is -1.65. The van der Waals surface area contributed by atoms with Crippen LogP contribution in [0.15, 0.2) is 12.2 Å². The predicted molar refractivity (Wildman–Crippen MR) is 366 cm³/mol. The normalized spacial score (nSPS) is 26.3. The van der Waals surface area contributed by atoms with Crippen molar-refractivity contribution >= 4 is 65.0 Å². The Kier molecular flexibility index (Phi) is 36.8. The number of amides is 11. The molecule has 1 fully saturated rings. The summed E-state index contributed by atoms with van der Waals surface area (Å²) in [7, 11) is 9.98. The number of likely N-dealkylation sites (N-methyl/N-ethyl adjacent to an activating group) is 8. The minimum absolute atomic E-state index is 0.0232. The second-order valence-electron chi connectivity index (χ2n) is 28.4. The molecule has 0 bridgehead atoms. The molecule has 0 saturated carbocycles. The van der Waals surface area contributed by atoms with Crippen LogP contribution in [0.5, 0.6) is 0 Å². The van der Waals surface area contributed by atoms with Crippen molar-refractivity contribution in [2.75, 3.05) is 82.2 Å². The first kappa shape index (κ1) is 85.8. The van der Waals surface area contributed by atoms with Crippen LogP contribution < -0.4 is 21.3 Å². The van der Waals surface area contributed by atoms with E-state index in [-0.39, 0.29) is 69.0 Å². The summed E-state index contributed by atoms with van der Waals surface area (Å²) in [6.07, 6.45) is 2.87. The summed E-state index contributed by atoms with van der Waals surface area (Å²) in [6, 6.07) is -14.1. The highest BCUT2D eigenvalue weighted by Gasteiger charge is 2.46. The van der Waals surface area contributed by atoms with Gasteiger partial charge < -0.3 is 70.3 Å². The summed E-state index contributed by atoms with van der Waals surface area (Å²) in [5.41, 5.74) is 0. The van der Waals surface area contributed by atoms with Crippen molar-refractivity contribution in [1.29, 1.82) is 0 Å². The molecule has 0 aliphatic carbocycles. The van der Waals surface area contributed by atoms with Gasteiger partial charge in [0.2, 0.25) is 65.0 Å². The smallest absolute Gasteiger partial charge is 0.248 e. The van der Waals surface area contributed by atoms with Crippen molar-refractivity contribution in [2.45, 2.75) is 243 Å². The van der Waals surface area contributed by atoms with Gasteiger partial charge in [0.25, 0.3) is 0 Å². The monoisotopic (exact) mass is 1330 g/mol. The number of carbonyl (C=O) groups is 11. The van der Waals surface area contributed by atoms with E-state index in [0.29, 0.717) is 13.0 Å². The van der Waals surface area contributed by atoms with Crippen molar-refractivity contribution in [3.63, 3.8) is 0 Å². The minimum Gasteiger partial charge on any atom is -0.390 e. The van der Waals surface area contributed by atoms with Gasteiger partial charge in [-0.2, -0.15) is 0 Å². The molecule has 0 radical (unpaired) electrons. The molecule has 0 aromatic rings. The van der Waals surface area contributed by atoms with E-state index in [0.717, 1.165) is 18.0 Å². The van der Waals surface area contributed by atoms with E-state index in [1.807, 2.05) is 75.3 Å². The molecular formula is C69H126N12O13. The zero-order valence-corrected chi connectivity index (χ0v) is 62.3. The molecule has 1 rings (SSSR count). The topological polar surface area (TPSA) is 291 Å². The average molecular weight is 1330 g/mol. The van der Waals surface area contributed by atoms with Gasteiger partial charge in [-0.3, -0.25) is 52.7 Å². The highest BCUT2D eigenvalue weighted by atomic mass is 16.5. The lowest BCUT2D eigenvalue weighted by atomic mass is 9.91. The first-order valence-electron chi connectivity index (χ1n) is 34.3. The van der Waals surface area contributed by atoms with Crippen LogP contribution >= 0.6 is 0 Å². The Balaban J connectivity index is 4.55. The number of ether oxygens (including phenoxy) is 1. The number of allylic oxidation sites excluding steroid dienone is 2. The zero-order valence-electron chi connectivity index (χ0n) is 62.3. The number of hydrogen-bond donors (Lipinski definition) is 5. The molecule has 1 aliphatic rings. The summed E-state index contributed by atoms with van der Waals surface area (Å²) in [5.74, 6) is -10.1. The van der Waals surface area contributed by atoms with E-state index < -0.39 is 155 Å². The Morgan fingerprint density at radius 2 is 0.862 bits per heavy atom. The third-order valence-electron chi connectivity index (χ3n) is 18.1. The number of nitrogens with zero attached hydrogens (tertiary/aromatic N) is 8. The Morgan fingerprint density at radius 1 is 0.457 bits per heavy atom. The van der Waals surface area contributed by atoms with Gasteiger partial charge in [-0.05, 0) is 114 Å². The van der Waals surface area contributed by atoms with Gasteiger partial charge >= 0.3 is 0 Å². The quantitative estimate of drug-likeness (QED) is 0.0757. The van der Waals surface area contributed by atoms with Gasteiger partial charge in [0.15, 0.2) is 0 Å². The zero-order chi connectivity index (χ0) is 72.7. The standard InChI is InChI=1S/C69H126N12O13/c1-27-31-32-46(17)58(82)57-62(86)72-49(28-2)64(88)78(24)54(39-94-34-33-81(29-3)30-4)67(91)74(20)51(36-41(7)8)61(85)73-55(44(13)14)68(92)75(21)50(35-40(5)6)60(84)70-47(18)59(83)71-48(19)63(87)76(22)52(37-42(9)10)65(89)77(23)53(38-43(11)12)66(90)79(25)56(45(15)16)69(93)80(57)26/h27,31,40-58,82H,28-30,32-39H2,1-26H3,(H,70,84)(H,71,83)(H,72,86)(H,73,85)/b31-27+/t46-,47+,48+,49+,50+,51+,52+,53+,54-,55+,56+,57+,58-/m1/s1. The van der Waals surface area contributed by atoms with Crippen LogP contribution in [-0.2, 0) is 57.5 Å². The molecule has 1 heterocycles. The predicted octanol–water partition coefficient (Wildman–Crippen LogP) is 4.00. The van der Waals surface area contributed by atoms with Crippen molar-refractivity contribution in [3.05, 3.63) is 12.2 Å². The van der Waals surface area contributed by atoms with E-state index in [4.69, 9.17) is 4.74 Å². The Bertz CT molecular complexity index is 2520. The van der Waals surface area contributed by atoms with Crippen LogP contribution in [0.3, 0.4) is 0 Å². The van der Waals surface area contributed by atoms with Crippen molar-refractivity contribution in [2.24, 2.45) is 41.4 Å². The number of aliphatic hydroxyl groups excluding tert-OH is 1. The van der Waals surface area contributed by atoms with Gasteiger partial charge in [0.05, 0.1) is 19.3 Å². The fraction of sp³-hybridized carbons (Fsp3) is 0.812. The number of carbonyl (C=O) groups excluding carboxylic acids is 11. The Morgan fingerprint density at radius 3 is 1.31 bits per heavy atom. The van der Waals surface area contributed by atoms with Crippen LogP contribution in [0.1, 0.15) is 170 Å². The highest BCUT2D eigenvalue weighted by molar-refractivity contribution is 6.00. The maximum Gasteiger partial charge on any atom is 0.248 e. The summed E-state index contributed by atoms with van der Waals surface area (Å²) in [6.45, 7) is 35.7. The summed E-state index contributed by atoms with van der Waals surface area (Å²) >= 11 is 0. The van der Waals surface area contributed by atoms with Crippen molar-refractivity contribution in [3.8, 4) is 0 Å². The van der Waals surface area contributed by atoms with Gasteiger partial charge in [0, 0.05) is 55.9 Å². The lowest BCUT2D eigenvalue weighted by Crippen LogP contribution is -2.64. The van der Waals surface area contributed by atoms with Gasteiger partial charge in [0.1, 0.15) is 66.5 Å². The van der Waals surface area contributed by atoms with E-state index in [1.165, 1.54) is 92.6 Å². The maximum atomic E-state index is 15.4. The Labute approximate surface area is 564 Å². The molecule has 0 aromatic carbocycles. The van der Waals surface area contributed by atoms with Crippen LogP contribution in [0.4, 0.5) is 0 Å². The molecule has 25 nitrogen and oxygen atoms in total. The fourth-order valence-electron chi connectivity index (χ4n) is 11.9. The number of rotatable bonds is 22. The molecule has 0 spiro atoms. The third-order valence-corrected chi connectivity index (χ3v) is 18.1. The maximum absolute atomic E-state index is 15.4. The first-order chi connectivity index (χ1) is 43.6. The fourth-order valence-corrected chi connectivity index (χ4v) is 11.9. The molecule has 25 heteroatoms. The van der Waals surface area contributed by atoms with Gasteiger partial charge in [-0.25, -0.2) is 0 Å². The molecule has 11 amide bonds. The summed E-state index contributed by atoms with van der Waals surface area (Å²) in [4.78, 5) is 175. The van der Waals surface area contributed by atoms with Gasteiger partial charge in [-0.1, -0.05) is 123 Å². The van der Waals surface area contributed by atoms with E-state index >= 15 is 28.8 Å². The molecule has 13 atom stereocenters. The van der Waals surface area contributed by atoms with E-state index in [1.54, 1.807) is 54.5 Å². The lowest BCUT2D eigenvalue weighted by Gasteiger charge is -2.41. The first-order valence-corrected chi connectivity index (χ1v) is 34.3. The SMILES string of the molecule is C/C=C/C[C@@H](C)[C@@H](O)[C@H]1C(=O)N[C@@H](CC)C(=O)N(C)[C@H](COCCN(CC)CC)C(=O)N(C)[C@@H](CC(C)C)C(=O)N[C@@H](C(C)C)C(=O)N(C)[C@@H](CC(C)C)C(=O)N[C@@H](C)C(=O)N[C@@H](C)C(=O)N(C)[C@@H](CC(C)C)C(=O)N(C)[C@@H](CC(C)C)C(=O)N(C)[C@@H](C(C)C)C(=O)N1C. The van der Waals surface area contributed by atoms with Crippen molar-refractivity contribution in [1.82, 2.24) is 60.5 Å². The molecule has 1 aliphatic heterocycles. The second-order valence-corrected chi connectivity index (χ2v) is 28.4. The van der Waals surface area contributed by atoms with Crippen molar-refractivity contribution < 1.29 is 62.6 Å². The van der Waals surface area contributed by atoms with Crippen LogP contribution in [0.25, 0.3) is 0 Å².